The Morgan fingerprint density at radius 1 is 1.04 bits per heavy atom. The van der Waals surface area contributed by atoms with Gasteiger partial charge in [0, 0.05) is 5.56 Å². The second-order valence-electron chi connectivity index (χ2n) is 5.71. The molecule has 0 spiro atoms. The molecule has 0 saturated carbocycles. The quantitative estimate of drug-likeness (QED) is 0.393. The Kier molecular flexibility index (Phi) is 5.61. The summed E-state index contributed by atoms with van der Waals surface area (Å²) >= 11 is 0. The third-order valence-corrected chi connectivity index (χ3v) is 4.08. The summed E-state index contributed by atoms with van der Waals surface area (Å²) in [6.07, 6.45) is 0. The van der Waals surface area contributed by atoms with Crippen LogP contribution >= 0.6 is 0 Å². The largest absolute Gasteiger partial charge is 0.394 e. The van der Waals surface area contributed by atoms with Crippen LogP contribution in [0.5, 0.6) is 0 Å². The molecule has 0 aliphatic rings. The van der Waals surface area contributed by atoms with Gasteiger partial charge < -0.3 is 14.4 Å². The van der Waals surface area contributed by atoms with Crippen LogP contribution in [0.15, 0.2) is 60.7 Å². The van der Waals surface area contributed by atoms with Gasteiger partial charge in [-0.2, -0.15) is 5.26 Å². The van der Waals surface area contributed by atoms with Crippen LogP contribution in [0.2, 0.25) is 0 Å². The molecule has 0 aliphatic carbocycles. The summed E-state index contributed by atoms with van der Waals surface area (Å²) < 4.78 is 7.09. The molecule has 0 unspecified atom stereocenters. The topological polar surface area (TPSA) is 101 Å². The maximum Gasteiger partial charge on any atom is 0.313 e. The fourth-order valence-corrected chi connectivity index (χ4v) is 3.02. The summed E-state index contributed by atoms with van der Waals surface area (Å²) in [6, 6.07) is 19.9. The van der Waals surface area contributed by atoms with Gasteiger partial charge in [-0.25, -0.2) is 0 Å². The first-order valence-electron chi connectivity index (χ1n) is 8.29. The van der Waals surface area contributed by atoms with Crippen LogP contribution in [0.25, 0.3) is 22.5 Å². The summed E-state index contributed by atoms with van der Waals surface area (Å²) in [5.74, 6) is 0. The van der Waals surface area contributed by atoms with E-state index in [1.165, 1.54) is 0 Å². The van der Waals surface area contributed by atoms with Crippen LogP contribution in [-0.4, -0.2) is 27.8 Å². The van der Waals surface area contributed by atoms with Gasteiger partial charge in [0.05, 0.1) is 23.8 Å². The molecular formula is C20H17N3O4. The minimum absolute atomic E-state index is 0.0161. The van der Waals surface area contributed by atoms with E-state index in [1.807, 2.05) is 18.2 Å². The van der Waals surface area contributed by atoms with E-state index in [0.29, 0.717) is 22.5 Å². The van der Waals surface area contributed by atoms with E-state index in [9.17, 15) is 15.4 Å². The molecular weight excluding hydrogens is 346 g/mol. The van der Waals surface area contributed by atoms with Gasteiger partial charge in [0.15, 0.2) is 5.56 Å². The van der Waals surface area contributed by atoms with Gasteiger partial charge in [-0.1, -0.05) is 60.7 Å². The van der Waals surface area contributed by atoms with Gasteiger partial charge in [0.1, 0.15) is 18.5 Å². The van der Waals surface area contributed by atoms with E-state index in [4.69, 9.17) is 9.84 Å². The van der Waals surface area contributed by atoms with Crippen molar-refractivity contribution in [1.29, 1.82) is 5.26 Å². The van der Waals surface area contributed by atoms with Gasteiger partial charge in [-0.05, 0) is 5.56 Å². The summed E-state index contributed by atoms with van der Waals surface area (Å²) in [5, 5.41) is 30.6. The van der Waals surface area contributed by atoms with Crippen molar-refractivity contribution in [3.05, 3.63) is 76.3 Å². The van der Waals surface area contributed by atoms with Crippen LogP contribution in [0.4, 0.5) is 5.69 Å². The Bertz CT molecular complexity index is 976. The smallest absolute Gasteiger partial charge is 0.313 e. The molecule has 7 nitrogen and oxygen atoms in total. The van der Waals surface area contributed by atoms with Gasteiger partial charge in [-0.3, -0.25) is 10.1 Å². The molecule has 0 bridgehead atoms. The first-order chi connectivity index (χ1) is 13.2. The highest BCUT2D eigenvalue weighted by Gasteiger charge is 2.32. The summed E-state index contributed by atoms with van der Waals surface area (Å²) in [7, 11) is 0. The molecule has 2 aromatic carbocycles. The van der Waals surface area contributed by atoms with Gasteiger partial charge in [0.2, 0.25) is 0 Å². The average Bonchev–Trinajstić information content (AvgIpc) is 3.04. The lowest BCUT2D eigenvalue weighted by Gasteiger charge is -2.13. The summed E-state index contributed by atoms with van der Waals surface area (Å²) in [5.41, 5.74) is 1.73. The molecule has 1 aromatic heterocycles. The van der Waals surface area contributed by atoms with Crippen molar-refractivity contribution in [1.82, 2.24) is 4.57 Å². The molecule has 0 saturated heterocycles. The predicted octanol–water partition coefficient (Wildman–Crippen LogP) is 3.57. The predicted molar refractivity (Wildman–Crippen MR) is 99.7 cm³/mol. The zero-order valence-electron chi connectivity index (χ0n) is 14.4. The zero-order valence-corrected chi connectivity index (χ0v) is 14.4. The van der Waals surface area contributed by atoms with Crippen molar-refractivity contribution in [2.45, 2.75) is 6.73 Å². The molecule has 7 heteroatoms. The van der Waals surface area contributed by atoms with Gasteiger partial charge >= 0.3 is 5.69 Å². The van der Waals surface area contributed by atoms with Crippen LogP contribution in [-0.2, 0) is 11.5 Å². The van der Waals surface area contributed by atoms with Crippen molar-refractivity contribution in [3.63, 3.8) is 0 Å². The molecule has 0 amide bonds. The van der Waals surface area contributed by atoms with E-state index in [1.54, 1.807) is 53.1 Å². The third-order valence-electron chi connectivity index (χ3n) is 4.08. The highest BCUT2D eigenvalue weighted by atomic mass is 16.6. The fourth-order valence-electron chi connectivity index (χ4n) is 3.02. The average molecular weight is 363 g/mol. The summed E-state index contributed by atoms with van der Waals surface area (Å²) in [4.78, 5) is 11.3. The number of nitro groups is 1. The number of ether oxygens (including phenoxy) is 1. The first kappa shape index (κ1) is 18.3. The minimum Gasteiger partial charge on any atom is -0.394 e. The summed E-state index contributed by atoms with van der Waals surface area (Å²) in [6.45, 7) is -0.121. The van der Waals surface area contributed by atoms with Gasteiger partial charge in [-0.15, -0.1) is 0 Å². The van der Waals surface area contributed by atoms with E-state index < -0.39 is 4.92 Å². The minimum atomic E-state index is -0.532. The Labute approximate surface area is 155 Å². The van der Waals surface area contributed by atoms with Crippen molar-refractivity contribution >= 4 is 5.69 Å². The number of aliphatic hydroxyl groups excluding tert-OH is 1. The van der Waals surface area contributed by atoms with E-state index in [2.05, 4.69) is 0 Å². The van der Waals surface area contributed by atoms with E-state index in [0.717, 1.165) is 0 Å². The normalized spacial score (nSPS) is 10.5. The van der Waals surface area contributed by atoms with E-state index >= 15 is 0 Å². The maximum absolute atomic E-state index is 11.9. The number of benzene rings is 2. The van der Waals surface area contributed by atoms with Crippen LogP contribution in [0.1, 0.15) is 5.56 Å². The molecule has 0 atom stereocenters. The lowest BCUT2D eigenvalue weighted by molar-refractivity contribution is -0.384. The van der Waals surface area contributed by atoms with Crippen LogP contribution < -0.4 is 0 Å². The number of hydrogen-bond acceptors (Lipinski definition) is 5. The van der Waals surface area contributed by atoms with Crippen molar-refractivity contribution < 1.29 is 14.8 Å². The Morgan fingerprint density at radius 2 is 1.59 bits per heavy atom. The standard InChI is InChI=1S/C20H17N3O4/c21-13-17-18(15-7-3-1-4-8-15)22(14-27-12-11-24)19(20(17)23(25)26)16-9-5-2-6-10-16/h1-10,24H,11-12,14H2. The number of aromatic nitrogens is 1. The Balaban J connectivity index is 2.35. The Hall–Kier alpha value is -3.47. The SMILES string of the molecule is N#Cc1c([N+](=O)[O-])c(-c2ccccc2)n(COCCO)c1-c1ccccc1. The lowest BCUT2D eigenvalue weighted by Crippen LogP contribution is -2.09. The highest BCUT2D eigenvalue weighted by Crippen LogP contribution is 2.42. The number of aliphatic hydroxyl groups is 1. The third kappa shape index (κ3) is 3.58. The molecule has 136 valence electrons. The maximum atomic E-state index is 11.9. The first-order valence-corrected chi connectivity index (χ1v) is 8.29. The molecule has 0 aliphatic heterocycles. The number of nitrogens with zero attached hydrogens (tertiary/aromatic N) is 3. The van der Waals surface area contributed by atoms with Crippen molar-refractivity contribution in [2.24, 2.45) is 0 Å². The second-order valence-corrected chi connectivity index (χ2v) is 5.71. The lowest BCUT2D eigenvalue weighted by atomic mass is 10.1. The molecule has 3 aromatic rings. The molecule has 27 heavy (non-hydrogen) atoms. The van der Waals surface area contributed by atoms with E-state index in [-0.39, 0.29) is 31.2 Å². The molecule has 1 heterocycles. The second kappa shape index (κ2) is 8.27. The molecule has 0 radical (unpaired) electrons. The Morgan fingerprint density at radius 3 is 2.07 bits per heavy atom. The molecule has 3 rings (SSSR count). The number of nitriles is 1. The number of hydrogen-bond donors (Lipinski definition) is 1. The van der Waals surface area contributed by atoms with Gasteiger partial charge in [0.25, 0.3) is 0 Å². The molecule has 0 fully saturated rings. The zero-order chi connectivity index (χ0) is 19.2. The monoisotopic (exact) mass is 363 g/mol. The molecule has 1 N–H and O–H groups in total. The fraction of sp³-hybridized carbons (Fsp3) is 0.150. The van der Waals surface area contributed by atoms with Crippen LogP contribution in [0.3, 0.4) is 0 Å². The number of rotatable bonds is 7. The van der Waals surface area contributed by atoms with Crippen molar-refractivity contribution in [3.8, 4) is 28.6 Å². The highest BCUT2D eigenvalue weighted by molar-refractivity contribution is 5.85. The van der Waals surface area contributed by atoms with Crippen molar-refractivity contribution in [2.75, 3.05) is 13.2 Å². The van der Waals surface area contributed by atoms with Crippen LogP contribution in [0, 0.1) is 21.4 Å².